The van der Waals surface area contributed by atoms with E-state index in [1.54, 1.807) is 0 Å². The quantitative estimate of drug-likeness (QED) is 0.137. The fourth-order valence-electron chi connectivity index (χ4n) is 4.87. The highest BCUT2D eigenvalue weighted by Gasteiger charge is 2.23. The monoisotopic (exact) mass is 595 g/mol. The minimum atomic E-state index is 0.586. The molecule has 2 aromatic carbocycles. The molecule has 4 aromatic rings. The zero-order valence-corrected chi connectivity index (χ0v) is 26.5. The van der Waals surface area contributed by atoms with Crippen molar-refractivity contribution in [1.82, 2.24) is 35.5 Å². The summed E-state index contributed by atoms with van der Waals surface area (Å²) in [5.41, 5.74) is 7.21. The van der Waals surface area contributed by atoms with Crippen LogP contribution in [0.25, 0.3) is 28.3 Å². The van der Waals surface area contributed by atoms with E-state index in [4.69, 9.17) is 19.4 Å². The highest BCUT2D eigenvalue weighted by Crippen LogP contribution is 2.33. The van der Waals surface area contributed by atoms with Crippen molar-refractivity contribution >= 4 is 17.6 Å². The number of anilines is 2. The maximum atomic E-state index is 6.33. The lowest BCUT2D eigenvalue weighted by atomic mass is 10.1. The molecule has 1 aliphatic heterocycles. The molecule has 0 spiro atoms. The molecule has 0 saturated heterocycles. The van der Waals surface area contributed by atoms with Gasteiger partial charge in [0.25, 0.3) is 0 Å². The van der Waals surface area contributed by atoms with Gasteiger partial charge in [-0.25, -0.2) is 4.98 Å². The highest BCUT2D eigenvalue weighted by molar-refractivity contribution is 5.76. The number of hydrogen-bond acceptors (Lipinski definition) is 10. The first kappa shape index (κ1) is 31.0. The Morgan fingerprint density at radius 3 is 1.95 bits per heavy atom. The summed E-state index contributed by atoms with van der Waals surface area (Å²) in [6.07, 6.45) is 5.68. The summed E-state index contributed by atoms with van der Waals surface area (Å²) in [7, 11) is 1.97. The second-order valence-electron chi connectivity index (χ2n) is 12.0. The molecule has 0 atom stereocenters. The minimum Gasteiger partial charge on any atom is -0.440 e. The Labute approximate surface area is 261 Å². The van der Waals surface area contributed by atoms with E-state index in [1.165, 1.54) is 0 Å². The summed E-state index contributed by atoms with van der Waals surface area (Å²) >= 11 is 0. The third kappa shape index (κ3) is 8.35. The van der Waals surface area contributed by atoms with E-state index < -0.39 is 0 Å². The minimum absolute atomic E-state index is 0.586. The predicted octanol–water partition coefficient (Wildman–Crippen LogP) is 6.71. The van der Waals surface area contributed by atoms with E-state index >= 15 is 0 Å². The van der Waals surface area contributed by atoms with Crippen molar-refractivity contribution in [1.29, 1.82) is 0 Å². The van der Waals surface area contributed by atoms with Gasteiger partial charge in [-0.2, -0.15) is 15.0 Å². The van der Waals surface area contributed by atoms with E-state index in [1.807, 2.05) is 54.7 Å². The van der Waals surface area contributed by atoms with Crippen LogP contribution in [-0.2, 0) is 6.42 Å². The zero-order chi connectivity index (χ0) is 30.9. The largest absolute Gasteiger partial charge is 0.440 e. The number of hydrogen-bond donors (Lipinski definition) is 3. The Kier molecular flexibility index (Phi) is 10.5. The molecule has 0 bridgehead atoms. The zero-order valence-electron chi connectivity index (χ0n) is 26.5. The van der Waals surface area contributed by atoms with Gasteiger partial charge in [0.1, 0.15) is 11.4 Å². The van der Waals surface area contributed by atoms with Gasteiger partial charge in [-0.15, -0.1) is 5.53 Å². The summed E-state index contributed by atoms with van der Waals surface area (Å²) in [6, 6.07) is 20.4. The molecule has 5 rings (SSSR count). The lowest BCUT2D eigenvalue weighted by Gasteiger charge is -2.20. The lowest BCUT2D eigenvalue weighted by molar-refractivity contribution is 0.165. The average molecular weight is 596 g/mol. The van der Waals surface area contributed by atoms with Crippen molar-refractivity contribution in [2.45, 2.75) is 53.4 Å². The van der Waals surface area contributed by atoms with Crippen molar-refractivity contribution in [3.63, 3.8) is 0 Å². The maximum Gasteiger partial charge on any atom is 0.228 e. The number of rotatable bonds is 15. The first-order valence-corrected chi connectivity index (χ1v) is 15.7. The number of aromatic nitrogens is 4. The lowest BCUT2D eigenvalue weighted by Crippen LogP contribution is -2.38. The molecule has 1 aliphatic rings. The molecule has 0 unspecified atom stereocenters. The number of oxazole rings is 1. The van der Waals surface area contributed by atoms with Crippen LogP contribution in [0.3, 0.4) is 0 Å². The number of benzene rings is 2. The van der Waals surface area contributed by atoms with Crippen LogP contribution in [0.4, 0.5) is 11.9 Å². The van der Waals surface area contributed by atoms with Crippen LogP contribution in [0, 0.1) is 11.8 Å². The molecule has 44 heavy (non-hydrogen) atoms. The van der Waals surface area contributed by atoms with Crippen LogP contribution in [0.1, 0.15) is 58.7 Å². The van der Waals surface area contributed by atoms with Gasteiger partial charge in [0.2, 0.25) is 11.9 Å². The van der Waals surface area contributed by atoms with Gasteiger partial charge in [-0.05, 0) is 31.1 Å². The number of hydrazine groups is 2. The fourth-order valence-corrected chi connectivity index (χ4v) is 4.87. The molecule has 0 radical (unpaired) electrons. The first-order chi connectivity index (χ1) is 21.4. The SMILES string of the molecule is CC(C)CCNc1nc(NCCC(C)C)nc(C2=CN(CCCc3nc(-c4ccccc4)c(-c4ccccc4)o3)NN2C)n1. The normalized spacial score (nSPS) is 13.2. The smallest absolute Gasteiger partial charge is 0.228 e. The Balaban J connectivity index is 1.27. The van der Waals surface area contributed by atoms with E-state index in [0.717, 1.165) is 73.1 Å². The van der Waals surface area contributed by atoms with Crippen LogP contribution in [0.15, 0.2) is 71.3 Å². The summed E-state index contributed by atoms with van der Waals surface area (Å²) in [6.45, 7) is 11.2. The first-order valence-electron chi connectivity index (χ1n) is 15.7. The molecule has 0 aliphatic carbocycles. The van der Waals surface area contributed by atoms with E-state index in [9.17, 15) is 0 Å². The summed E-state index contributed by atoms with van der Waals surface area (Å²) in [5.74, 6) is 4.51. The number of nitrogens with zero attached hydrogens (tertiary/aromatic N) is 6. The summed E-state index contributed by atoms with van der Waals surface area (Å²) in [5, 5.41) is 10.8. The molecule has 0 saturated carbocycles. The summed E-state index contributed by atoms with van der Waals surface area (Å²) < 4.78 is 6.33. The molecule has 0 fully saturated rings. The van der Waals surface area contributed by atoms with Gasteiger partial charge in [0.05, 0.1) is 0 Å². The number of aryl methyl sites for hydroxylation is 1. The van der Waals surface area contributed by atoms with Crippen molar-refractivity contribution in [2.24, 2.45) is 11.8 Å². The van der Waals surface area contributed by atoms with E-state index in [-0.39, 0.29) is 0 Å². The Morgan fingerprint density at radius 1 is 0.773 bits per heavy atom. The molecule has 232 valence electrons. The molecular formula is C34H45N9O. The van der Waals surface area contributed by atoms with Crippen LogP contribution in [-0.4, -0.2) is 56.6 Å². The van der Waals surface area contributed by atoms with Crippen LogP contribution in [0.2, 0.25) is 0 Å². The van der Waals surface area contributed by atoms with E-state index in [2.05, 4.69) is 78.1 Å². The third-order valence-electron chi connectivity index (χ3n) is 7.34. The molecule has 10 nitrogen and oxygen atoms in total. The summed E-state index contributed by atoms with van der Waals surface area (Å²) in [4.78, 5) is 19.1. The Bertz CT molecular complexity index is 1410. The number of nitrogens with one attached hydrogen (secondary N) is 3. The van der Waals surface area contributed by atoms with Crippen molar-refractivity contribution in [2.75, 3.05) is 37.3 Å². The molecule has 10 heteroatoms. The molecule has 3 N–H and O–H groups in total. The van der Waals surface area contributed by atoms with Gasteiger partial charge in [0, 0.05) is 50.4 Å². The predicted molar refractivity (Wildman–Crippen MR) is 177 cm³/mol. The fraction of sp³-hybridized carbons (Fsp3) is 0.412. The average Bonchev–Trinajstić information content (AvgIpc) is 3.61. The van der Waals surface area contributed by atoms with Crippen LogP contribution >= 0.6 is 0 Å². The van der Waals surface area contributed by atoms with Crippen LogP contribution < -0.4 is 16.2 Å². The van der Waals surface area contributed by atoms with Crippen molar-refractivity contribution in [3.8, 4) is 22.6 Å². The highest BCUT2D eigenvalue weighted by atomic mass is 16.4. The maximum absolute atomic E-state index is 6.33. The Hall–Kier alpha value is -4.44. The third-order valence-corrected chi connectivity index (χ3v) is 7.34. The molecular weight excluding hydrogens is 550 g/mol. The Morgan fingerprint density at radius 2 is 1.36 bits per heavy atom. The van der Waals surface area contributed by atoms with Gasteiger partial charge in [-0.1, -0.05) is 88.4 Å². The van der Waals surface area contributed by atoms with E-state index in [0.29, 0.717) is 36.0 Å². The van der Waals surface area contributed by atoms with Crippen LogP contribution in [0.5, 0.6) is 0 Å². The van der Waals surface area contributed by atoms with Crippen molar-refractivity contribution in [3.05, 3.63) is 78.6 Å². The molecule has 2 aromatic heterocycles. The van der Waals surface area contributed by atoms with Crippen molar-refractivity contribution < 1.29 is 4.42 Å². The van der Waals surface area contributed by atoms with Gasteiger partial charge in [0.15, 0.2) is 17.5 Å². The van der Waals surface area contributed by atoms with Gasteiger partial charge < -0.3 is 15.1 Å². The molecule has 0 amide bonds. The topological polar surface area (TPSA) is 107 Å². The van der Waals surface area contributed by atoms with Gasteiger partial charge >= 0.3 is 0 Å². The second-order valence-corrected chi connectivity index (χ2v) is 12.0. The standard InChI is InChI=1S/C34H45N9O/c1-24(2)18-20-35-33-38-32(39-34(40-33)36-21-19-25(3)4)28-23-43(41-42(28)5)22-12-17-29-37-30(26-13-8-6-9-14-26)31(44-29)27-15-10-7-11-16-27/h6-11,13-16,23-25,41H,12,17-22H2,1-5H3,(H2,35,36,38,39,40). The molecule has 3 heterocycles. The van der Waals surface area contributed by atoms with Gasteiger partial charge in [-0.3, -0.25) is 10.0 Å². The second kappa shape index (κ2) is 14.8.